The summed E-state index contributed by atoms with van der Waals surface area (Å²) in [7, 11) is 0. The second-order valence-corrected chi connectivity index (χ2v) is 9.16. The average Bonchev–Trinajstić information content (AvgIpc) is 3.35. The molecule has 0 radical (unpaired) electrons. The van der Waals surface area contributed by atoms with Gasteiger partial charge >= 0.3 is 0 Å². The summed E-state index contributed by atoms with van der Waals surface area (Å²) in [5, 5.41) is 2.25. The molecule has 4 aromatic carbocycles. The van der Waals surface area contributed by atoms with Gasteiger partial charge in [0.1, 0.15) is 11.2 Å². The lowest BCUT2D eigenvalue weighted by Gasteiger charge is -2.06. The van der Waals surface area contributed by atoms with Crippen molar-refractivity contribution in [2.75, 3.05) is 0 Å². The highest BCUT2D eigenvalue weighted by Gasteiger charge is 2.11. The topological polar surface area (TPSA) is 38.9 Å². The minimum Gasteiger partial charge on any atom is -0.456 e. The van der Waals surface area contributed by atoms with Gasteiger partial charge in [-0.1, -0.05) is 72.8 Å². The molecule has 0 N–H and O–H groups in total. The van der Waals surface area contributed by atoms with Gasteiger partial charge in [-0.2, -0.15) is 0 Å². The van der Waals surface area contributed by atoms with E-state index in [1.807, 2.05) is 24.5 Å². The predicted octanol–water partition coefficient (Wildman–Crippen LogP) is 9.04. The van der Waals surface area contributed by atoms with Gasteiger partial charge in [0, 0.05) is 35.6 Å². The molecule has 37 heavy (non-hydrogen) atoms. The molecule has 0 amide bonds. The molecule has 7 rings (SSSR count). The number of nitrogens with zero attached hydrogens (tertiary/aromatic N) is 2. The molecule has 0 saturated carbocycles. The molecule has 0 bridgehead atoms. The SMILES string of the molecule is c1cncc(-c2ccc(-c3ccc4oc5ccc(-c6ccc(-c7cccnc7)cc6)cc5c4c3)cc2)c1. The van der Waals surface area contributed by atoms with Gasteiger partial charge in [-0.25, -0.2) is 0 Å². The Hall–Kier alpha value is -5.02. The van der Waals surface area contributed by atoms with Crippen LogP contribution in [0.15, 0.2) is 138 Å². The molecule has 0 fully saturated rings. The van der Waals surface area contributed by atoms with Crippen LogP contribution < -0.4 is 0 Å². The molecule has 3 heteroatoms. The number of furan rings is 1. The predicted molar refractivity (Wildman–Crippen MR) is 151 cm³/mol. The van der Waals surface area contributed by atoms with Crippen molar-refractivity contribution in [1.29, 1.82) is 0 Å². The lowest BCUT2D eigenvalue weighted by molar-refractivity contribution is 0.669. The van der Waals surface area contributed by atoms with Crippen LogP contribution >= 0.6 is 0 Å². The van der Waals surface area contributed by atoms with Crippen LogP contribution in [-0.4, -0.2) is 9.97 Å². The van der Waals surface area contributed by atoms with Gasteiger partial charge in [-0.05, 0) is 80.9 Å². The van der Waals surface area contributed by atoms with E-state index in [1.54, 1.807) is 12.4 Å². The lowest BCUT2D eigenvalue weighted by atomic mass is 9.98. The normalized spacial score (nSPS) is 11.2. The largest absolute Gasteiger partial charge is 0.456 e. The molecule has 3 nitrogen and oxygen atoms in total. The Labute approximate surface area is 214 Å². The molecule has 7 aromatic rings. The first kappa shape index (κ1) is 21.3. The van der Waals surface area contributed by atoms with Gasteiger partial charge in [0.25, 0.3) is 0 Å². The Bertz CT molecular complexity index is 1700. The molecular formula is C34H22N2O. The number of hydrogen-bond acceptors (Lipinski definition) is 3. The van der Waals surface area contributed by atoms with Crippen molar-refractivity contribution in [1.82, 2.24) is 9.97 Å². The maximum atomic E-state index is 6.17. The van der Waals surface area contributed by atoms with E-state index in [-0.39, 0.29) is 0 Å². The molecule has 3 heterocycles. The van der Waals surface area contributed by atoms with E-state index in [0.29, 0.717) is 0 Å². The zero-order valence-corrected chi connectivity index (χ0v) is 20.0. The maximum Gasteiger partial charge on any atom is 0.135 e. The molecule has 0 spiro atoms. The third-order valence-corrected chi connectivity index (χ3v) is 6.90. The third kappa shape index (κ3) is 3.97. The zero-order valence-electron chi connectivity index (χ0n) is 20.0. The van der Waals surface area contributed by atoms with Crippen LogP contribution in [0.4, 0.5) is 0 Å². The van der Waals surface area contributed by atoms with Crippen LogP contribution in [0.25, 0.3) is 66.4 Å². The zero-order chi connectivity index (χ0) is 24.6. The Morgan fingerprint density at radius 3 is 1.14 bits per heavy atom. The molecule has 0 aliphatic heterocycles. The van der Waals surface area contributed by atoms with Crippen molar-refractivity contribution >= 4 is 21.9 Å². The smallest absolute Gasteiger partial charge is 0.135 e. The van der Waals surface area contributed by atoms with E-state index >= 15 is 0 Å². The van der Waals surface area contributed by atoms with Crippen LogP contribution in [0.2, 0.25) is 0 Å². The standard InChI is InChI=1S/C34H22N2O/c1-3-29(21-35-17-1)25-9-5-23(6-10-25)27-13-15-33-31(19-27)32-20-28(14-16-34(32)37-33)24-7-11-26(12-8-24)30-4-2-18-36-22-30/h1-22H. The Morgan fingerprint density at radius 1 is 0.378 bits per heavy atom. The van der Waals surface area contributed by atoms with E-state index in [4.69, 9.17) is 4.42 Å². The Balaban J connectivity index is 1.25. The van der Waals surface area contributed by atoms with Crippen molar-refractivity contribution in [3.05, 3.63) is 134 Å². The van der Waals surface area contributed by atoms with Crippen LogP contribution in [0, 0.1) is 0 Å². The van der Waals surface area contributed by atoms with Gasteiger partial charge in [0.05, 0.1) is 0 Å². The summed E-state index contributed by atoms with van der Waals surface area (Å²) in [6, 6.07) is 38.2. The summed E-state index contributed by atoms with van der Waals surface area (Å²) in [6.45, 7) is 0. The van der Waals surface area contributed by atoms with Crippen LogP contribution in [0.1, 0.15) is 0 Å². The van der Waals surface area contributed by atoms with Gasteiger partial charge in [-0.15, -0.1) is 0 Å². The molecule has 0 atom stereocenters. The molecule has 0 aliphatic carbocycles. The fraction of sp³-hybridized carbons (Fsp3) is 0. The van der Waals surface area contributed by atoms with E-state index in [9.17, 15) is 0 Å². The quantitative estimate of drug-likeness (QED) is 0.255. The second kappa shape index (κ2) is 8.89. The summed E-state index contributed by atoms with van der Waals surface area (Å²) >= 11 is 0. The third-order valence-electron chi connectivity index (χ3n) is 6.90. The number of fused-ring (bicyclic) bond motifs is 3. The Kier molecular flexibility index (Phi) is 5.11. The first-order valence-electron chi connectivity index (χ1n) is 12.3. The molecule has 3 aromatic heterocycles. The second-order valence-electron chi connectivity index (χ2n) is 9.16. The van der Waals surface area contributed by atoms with Gasteiger partial charge < -0.3 is 4.42 Å². The monoisotopic (exact) mass is 474 g/mol. The summed E-state index contributed by atoms with van der Waals surface area (Å²) in [5.41, 5.74) is 11.0. The first-order chi connectivity index (χ1) is 18.3. The highest BCUT2D eigenvalue weighted by molar-refractivity contribution is 6.07. The van der Waals surface area contributed by atoms with Crippen molar-refractivity contribution in [2.24, 2.45) is 0 Å². The van der Waals surface area contributed by atoms with Crippen molar-refractivity contribution in [3.8, 4) is 44.5 Å². The molecule has 174 valence electrons. The minimum atomic E-state index is 0.898. The minimum absolute atomic E-state index is 0.898. The molecular weight excluding hydrogens is 452 g/mol. The maximum absolute atomic E-state index is 6.17. The first-order valence-corrected chi connectivity index (χ1v) is 12.3. The molecule has 0 unspecified atom stereocenters. The van der Waals surface area contributed by atoms with E-state index in [0.717, 1.165) is 44.2 Å². The highest BCUT2D eigenvalue weighted by atomic mass is 16.3. The number of hydrogen-bond donors (Lipinski definition) is 0. The van der Waals surface area contributed by atoms with Crippen LogP contribution in [0.3, 0.4) is 0 Å². The Morgan fingerprint density at radius 2 is 0.757 bits per heavy atom. The summed E-state index contributed by atoms with van der Waals surface area (Å²) in [5.74, 6) is 0. The van der Waals surface area contributed by atoms with Gasteiger partial charge in [0.2, 0.25) is 0 Å². The van der Waals surface area contributed by atoms with Crippen molar-refractivity contribution in [3.63, 3.8) is 0 Å². The van der Waals surface area contributed by atoms with Crippen LogP contribution in [-0.2, 0) is 0 Å². The number of pyridine rings is 2. The summed E-state index contributed by atoms with van der Waals surface area (Å²) in [4.78, 5) is 8.47. The highest BCUT2D eigenvalue weighted by Crippen LogP contribution is 2.35. The van der Waals surface area contributed by atoms with Crippen molar-refractivity contribution in [2.45, 2.75) is 0 Å². The van der Waals surface area contributed by atoms with E-state index in [2.05, 4.69) is 107 Å². The average molecular weight is 475 g/mol. The van der Waals surface area contributed by atoms with Crippen LogP contribution in [0.5, 0.6) is 0 Å². The number of benzene rings is 4. The van der Waals surface area contributed by atoms with Gasteiger partial charge in [0.15, 0.2) is 0 Å². The lowest BCUT2D eigenvalue weighted by Crippen LogP contribution is -1.82. The van der Waals surface area contributed by atoms with Gasteiger partial charge in [-0.3, -0.25) is 9.97 Å². The number of rotatable bonds is 4. The number of aromatic nitrogens is 2. The summed E-state index contributed by atoms with van der Waals surface area (Å²) < 4.78 is 6.17. The fourth-order valence-electron chi connectivity index (χ4n) is 4.91. The van der Waals surface area contributed by atoms with Crippen molar-refractivity contribution < 1.29 is 4.42 Å². The van der Waals surface area contributed by atoms with E-state index < -0.39 is 0 Å². The summed E-state index contributed by atoms with van der Waals surface area (Å²) in [6.07, 6.45) is 7.38. The van der Waals surface area contributed by atoms with E-state index in [1.165, 1.54) is 22.3 Å². The fourth-order valence-corrected chi connectivity index (χ4v) is 4.91. The molecule has 0 saturated heterocycles. The molecule has 0 aliphatic rings.